The topological polar surface area (TPSA) is 76.2 Å². The van der Waals surface area contributed by atoms with Gasteiger partial charge in [-0.25, -0.2) is 0 Å². The molecule has 0 radical (unpaired) electrons. The van der Waals surface area contributed by atoms with E-state index in [-0.39, 0.29) is 23.1 Å². The van der Waals surface area contributed by atoms with E-state index in [9.17, 15) is 13.2 Å². The molecule has 0 saturated heterocycles. The molecule has 0 spiro atoms. The van der Waals surface area contributed by atoms with Gasteiger partial charge < -0.3 is 18.7 Å². The van der Waals surface area contributed by atoms with Gasteiger partial charge in [-0.3, -0.25) is 4.79 Å². The van der Waals surface area contributed by atoms with Crippen molar-refractivity contribution in [1.29, 1.82) is 0 Å². The second-order valence-electron chi connectivity index (χ2n) is 7.83. The highest BCUT2D eigenvalue weighted by molar-refractivity contribution is 7.87. The van der Waals surface area contributed by atoms with Gasteiger partial charge in [0.05, 0.1) is 17.7 Å². The monoisotopic (exact) mass is 502 g/mol. The van der Waals surface area contributed by atoms with Gasteiger partial charge in [0.25, 0.3) is 5.91 Å². The smallest absolute Gasteiger partial charge is 0.339 e. The van der Waals surface area contributed by atoms with Crippen molar-refractivity contribution < 1.29 is 22.1 Å². The second-order valence-corrected chi connectivity index (χ2v) is 9.78. The highest BCUT2D eigenvalue weighted by atomic mass is 35.5. The average Bonchev–Trinajstić information content (AvgIpc) is 2.82. The fourth-order valence-corrected chi connectivity index (χ4v) is 4.39. The van der Waals surface area contributed by atoms with Crippen LogP contribution in [0.2, 0.25) is 5.02 Å². The van der Waals surface area contributed by atoms with Crippen LogP contribution in [0.5, 0.6) is 11.5 Å². The van der Waals surface area contributed by atoms with Crippen LogP contribution >= 0.6 is 11.6 Å². The molecule has 0 aliphatic rings. The fraction of sp³-hybridized carbons (Fsp3) is 0.240. The van der Waals surface area contributed by atoms with E-state index in [1.807, 2.05) is 19.0 Å². The third-order valence-corrected chi connectivity index (χ3v) is 6.67. The molecule has 7 nitrogen and oxygen atoms in total. The molecular formula is C25H27ClN2O5S. The lowest BCUT2D eigenvalue weighted by Gasteiger charge is -2.26. The summed E-state index contributed by atoms with van der Waals surface area (Å²) in [6.07, 6.45) is 0. The Balaban J connectivity index is 1.89. The number of nitrogens with zero attached hydrogens (tertiary/aromatic N) is 2. The zero-order chi connectivity index (χ0) is 24.7. The molecule has 0 bridgehead atoms. The molecule has 0 fully saturated rings. The first kappa shape index (κ1) is 25.6. The average molecular weight is 503 g/mol. The predicted octanol–water partition coefficient (Wildman–Crippen LogP) is 4.32. The highest BCUT2D eigenvalue weighted by Gasteiger charge is 2.23. The third kappa shape index (κ3) is 6.50. The summed E-state index contributed by atoms with van der Waals surface area (Å²) in [5, 5.41) is 0.356. The zero-order valence-corrected chi connectivity index (χ0v) is 20.8. The number of benzene rings is 3. The summed E-state index contributed by atoms with van der Waals surface area (Å²) in [4.78, 5) is 16.9. The number of carbonyl (C=O) groups excluding carboxylic acids is 1. The Kier molecular flexibility index (Phi) is 8.55. The van der Waals surface area contributed by atoms with Gasteiger partial charge >= 0.3 is 10.1 Å². The van der Waals surface area contributed by atoms with Crippen LogP contribution in [0.4, 0.5) is 0 Å². The van der Waals surface area contributed by atoms with Crippen molar-refractivity contribution in [3.63, 3.8) is 0 Å². The molecule has 3 rings (SSSR count). The van der Waals surface area contributed by atoms with Gasteiger partial charge in [-0.05, 0) is 56.6 Å². The van der Waals surface area contributed by atoms with Crippen molar-refractivity contribution in [1.82, 2.24) is 9.80 Å². The van der Waals surface area contributed by atoms with E-state index in [4.69, 9.17) is 20.5 Å². The lowest BCUT2D eigenvalue weighted by Crippen LogP contribution is -2.36. The molecule has 0 N–H and O–H groups in total. The van der Waals surface area contributed by atoms with E-state index in [0.717, 1.165) is 0 Å². The van der Waals surface area contributed by atoms with Gasteiger partial charge in [0.1, 0.15) is 16.4 Å². The molecule has 0 aliphatic carbocycles. The molecule has 0 aliphatic heterocycles. The largest absolute Gasteiger partial charge is 0.497 e. The number of ether oxygens (including phenoxy) is 1. The minimum atomic E-state index is -4.09. The molecule has 3 aromatic rings. The Bertz CT molecular complexity index is 1230. The molecule has 0 heterocycles. The van der Waals surface area contributed by atoms with Gasteiger partial charge in [0, 0.05) is 25.2 Å². The van der Waals surface area contributed by atoms with Crippen LogP contribution in [0.3, 0.4) is 0 Å². The number of hydrogen-bond acceptors (Lipinski definition) is 6. The highest BCUT2D eigenvalue weighted by Crippen LogP contribution is 2.26. The van der Waals surface area contributed by atoms with Crippen LogP contribution < -0.4 is 8.92 Å². The van der Waals surface area contributed by atoms with Crippen molar-refractivity contribution >= 4 is 27.6 Å². The van der Waals surface area contributed by atoms with Crippen molar-refractivity contribution in [3.8, 4) is 11.5 Å². The predicted molar refractivity (Wildman–Crippen MR) is 132 cm³/mol. The Morgan fingerprint density at radius 3 is 2.21 bits per heavy atom. The summed E-state index contributed by atoms with van der Waals surface area (Å²) in [5.41, 5.74) is 0.936. The number of likely N-dealkylation sites (N-methyl/N-ethyl adjacent to an activating group) is 1. The molecule has 0 atom stereocenters. The van der Waals surface area contributed by atoms with Crippen molar-refractivity contribution in [2.45, 2.75) is 11.4 Å². The van der Waals surface area contributed by atoms with Crippen LogP contribution in [-0.2, 0) is 16.7 Å². The van der Waals surface area contributed by atoms with Crippen molar-refractivity contribution in [3.05, 3.63) is 88.9 Å². The third-order valence-electron chi connectivity index (χ3n) is 5.09. The van der Waals surface area contributed by atoms with Crippen molar-refractivity contribution in [2.24, 2.45) is 0 Å². The van der Waals surface area contributed by atoms with Crippen LogP contribution in [0, 0.1) is 0 Å². The number of para-hydroxylation sites is 1. The van der Waals surface area contributed by atoms with Crippen LogP contribution in [0.25, 0.3) is 0 Å². The van der Waals surface area contributed by atoms with Crippen molar-refractivity contribution in [2.75, 3.05) is 34.3 Å². The lowest BCUT2D eigenvalue weighted by atomic mass is 10.1. The van der Waals surface area contributed by atoms with Gasteiger partial charge in [-0.2, -0.15) is 8.42 Å². The van der Waals surface area contributed by atoms with E-state index < -0.39 is 10.1 Å². The Morgan fingerprint density at radius 1 is 0.912 bits per heavy atom. The number of methoxy groups -OCH3 is 1. The van der Waals surface area contributed by atoms with Gasteiger partial charge in [0.2, 0.25) is 0 Å². The summed E-state index contributed by atoms with van der Waals surface area (Å²) in [6.45, 7) is 1.17. The Labute approximate surface area is 205 Å². The first-order valence-corrected chi connectivity index (χ1v) is 12.3. The molecule has 0 unspecified atom stereocenters. The fourth-order valence-electron chi connectivity index (χ4n) is 3.21. The van der Waals surface area contributed by atoms with Crippen LogP contribution in [0.1, 0.15) is 15.9 Å². The number of rotatable bonds is 10. The summed E-state index contributed by atoms with van der Waals surface area (Å²) < 4.78 is 36.3. The standard InChI is InChI=1S/C25H27ClN2O5S/c1-27(2)16-17-28(25(29)22-9-5-6-10-23(22)26)18-19-8-4-7-11-24(19)33-34(30,31)21-14-12-20(32-3)13-15-21/h4-15H,16-18H2,1-3H3. The van der Waals surface area contributed by atoms with E-state index in [0.29, 0.717) is 35.0 Å². The summed E-state index contributed by atoms with van der Waals surface area (Å²) in [5.74, 6) is 0.439. The maximum Gasteiger partial charge on any atom is 0.339 e. The minimum Gasteiger partial charge on any atom is -0.497 e. The normalized spacial score (nSPS) is 11.3. The van der Waals surface area contributed by atoms with Crippen LogP contribution in [-0.4, -0.2) is 58.4 Å². The number of halogens is 1. The van der Waals surface area contributed by atoms with Gasteiger partial charge in [0.15, 0.2) is 0 Å². The first-order chi connectivity index (χ1) is 16.2. The SMILES string of the molecule is COc1ccc(S(=O)(=O)Oc2ccccc2CN(CCN(C)C)C(=O)c2ccccc2Cl)cc1. The molecule has 9 heteroatoms. The Morgan fingerprint density at radius 2 is 1.56 bits per heavy atom. The van der Waals surface area contributed by atoms with E-state index in [1.165, 1.54) is 19.2 Å². The Hall–Kier alpha value is -3.07. The van der Waals surface area contributed by atoms with E-state index in [1.54, 1.807) is 65.6 Å². The zero-order valence-electron chi connectivity index (χ0n) is 19.3. The van der Waals surface area contributed by atoms with Gasteiger partial charge in [-0.15, -0.1) is 0 Å². The summed E-state index contributed by atoms with van der Waals surface area (Å²) in [7, 11) is 1.24. The summed E-state index contributed by atoms with van der Waals surface area (Å²) >= 11 is 6.27. The quantitative estimate of drug-likeness (QED) is 0.384. The minimum absolute atomic E-state index is 0.000268. The molecule has 1 amide bonds. The van der Waals surface area contributed by atoms with Gasteiger partial charge in [-0.1, -0.05) is 41.9 Å². The van der Waals surface area contributed by atoms with Crippen LogP contribution in [0.15, 0.2) is 77.7 Å². The molecular weight excluding hydrogens is 476 g/mol. The molecule has 0 saturated carbocycles. The molecule has 3 aromatic carbocycles. The maximum atomic E-state index is 13.3. The molecule has 34 heavy (non-hydrogen) atoms. The summed E-state index contributed by atoms with van der Waals surface area (Å²) in [6, 6.07) is 19.5. The number of carbonyl (C=O) groups is 1. The van der Waals surface area contributed by atoms with E-state index >= 15 is 0 Å². The number of hydrogen-bond donors (Lipinski definition) is 0. The second kappa shape index (κ2) is 11.4. The van der Waals surface area contributed by atoms with E-state index in [2.05, 4.69) is 0 Å². The lowest BCUT2D eigenvalue weighted by molar-refractivity contribution is 0.0731. The molecule has 180 valence electrons. The molecule has 0 aromatic heterocycles. The number of amides is 1. The first-order valence-electron chi connectivity index (χ1n) is 10.6. The maximum absolute atomic E-state index is 13.3.